The predicted molar refractivity (Wildman–Crippen MR) is 230 cm³/mol. The quantitative estimate of drug-likeness (QED) is 0.176. The highest BCUT2D eigenvalue weighted by Gasteiger charge is 2.23. The van der Waals surface area contributed by atoms with Crippen molar-refractivity contribution in [2.45, 2.75) is 0 Å². The molecule has 0 radical (unpaired) electrons. The fourth-order valence-electron chi connectivity index (χ4n) is 8.64. The minimum Gasteiger partial charge on any atom is -0.456 e. The van der Waals surface area contributed by atoms with Crippen molar-refractivity contribution in [3.8, 4) is 51.0 Å². The van der Waals surface area contributed by atoms with Crippen LogP contribution < -0.4 is 0 Å². The smallest absolute Gasteiger partial charge is 0.238 e. The van der Waals surface area contributed by atoms with Crippen LogP contribution in [-0.2, 0) is 0 Å². The van der Waals surface area contributed by atoms with Gasteiger partial charge in [-0.05, 0) is 47.0 Å². The van der Waals surface area contributed by atoms with Gasteiger partial charge in [0, 0.05) is 49.0 Å². The lowest BCUT2D eigenvalue weighted by Gasteiger charge is -2.11. The summed E-state index contributed by atoms with van der Waals surface area (Å²) in [6.07, 6.45) is 0. The molecule has 0 unspecified atom stereocenters. The van der Waals surface area contributed by atoms with Crippen LogP contribution >= 0.6 is 0 Å². The minimum atomic E-state index is 0.559. The molecule has 12 rings (SSSR count). The molecule has 4 aromatic heterocycles. The highest BCUT2D eigenvalue weighted by Crippen LogP contribution is 2.46. The van der Waals surface area contributed by atoms with Crippen molar-refractivity contribution in [3.63, 3.8) is 0 Å². The van der Waals surface area contributed by atoms with Crippen molar-refractivity contribution in [2.24, 2.45) is 0 Å². The van der Waals surface area contributed by atoms with Gasteiger partial charge in [-0.25, -0.2) is 4.98 Å². The second-order valence-corrected chi connectivity index (χ2v) is 14.3. The van der Waals surface area contributed by atoms with Crippen LogP contribution in [0.2, 0.25) is 0 Å². The highest BCUT2D eigenvalue weighted by molar-refractivity contribution is 6.23. The standard InChI is InChI=1S/C51H30N4O2/c1-3-15-31(16-4-1)49-52-50(32-17-5-2-6-18-32)54-51(53-49)55-40-26-9-7-19-37(40)45-33(21-12-27-41(45)55)34-22-13-30-44-47(34)39-25-11-24-36(48(39)57-44)35-23-14-29-43-46(35)38-20-8-10-28-42(38)56-43/h1-30H. The number of benzene rings is 8. The second-order valence-electron chi connectivity index (χ2n) is 14.3. The molecule has 12 aromatic rings. The van der Waals surface area contributed by atoms with E-state index >= 15 is 0 Å². The lowest BCUT2D eigenvalue weighted by Crippen LogP contribution is -2.06. The van der Waals surface area contributed by atoms with Gasteiger partial charge in [-0.1, -0.05) is 152 Å². The number of hydrogen-bond donors (Lipinski definition) is 0. The molecule has 0 fully saturated rings. The first-order valence-corrected chi connectivity index (χ1v) is 19.0. The fraction of sp³-hybridized carbons (Fsp3) is 0. The minimum absolute atomic E-state index is 0.559. The highest BCUT2D eigenvalue weighted by atomic mass is 16.3. The number of aromatic nitrogens is 4. The third kappa shape index (κ3) is 4.81. The first kappa shape index (κ1) is 31.5. The molecular formula is C51H30N4O2. The van der Waals surface area contributed by atoms with E-state index < -0.39 is 0 Å². The van der Waals surface area contributed by atoms with E-state index in [1.54, 1.807) is 0 Å². The van der Waals surface area contributed by atoms with Crippen LogP contribution in [0, 0.1) is 0 Å². The van der Waals surface area contributed by atoms with Gasteiger partial charge in [-0.2, -0.15) is 9.97 Å². The number of hydrogen-bond acceptors (Lipinski definition) is 5. The molecule has 0 saturated heterocycles. The van der Waals surface area contributed by atoms with Crippen LogP contribution in [0.25, 0.3) is 117 Å². The Morgan fingerprint density at radius 3 is 1.56 bits per heavy atom. The van der Waals surface area contributed by atoms with E-state index in [4.69, 9.17) is 23.8 Å². The normalized spacial score (nSPS) is 11.9. The Morgan fingerprint density at radius 2 is 0.825 bits per heavy atom. The summed E-state index contributed by atoms with van der Waals surface area (Å²) in [6, 6.07) is 62.5. The number of furan rings is 2. The summed E-state index contributed by atoms with van der Waals surface area (Å²) >= 11 is 0. The second kappa shape index (κ2) is 12.3. The average Bonchev–Trinajstić information content (AvgIpc) is 3.97. The molecule has 0 aliphatic heterocycles. The van der Waals surface area contributed by atoms with Gasteiger partial charge in [0.15, 0.2) is 11.6 Å². The number of nitrogens with zero attached hydrogens (tertiary/aromatic N) is 4. The molecule has 0 atom stereocenters. The third-order valence-electron chi connectivity index (χ3n) is 11.1. The van der Waals surface area contributed by atoms with Crippen molar-refractivity contribution in [3.05, 3.63) is 182 Å². The molecule has 0 amide bonds. The van der Waals surface area contributed by atoms with Gasteiger partial charge in [0.05, 0.1) is 11.0 Å². The maximum absolute atomic E-state index is 6.86. The van der Waals surface area contributed by atoms with Gasteiger partial charge in [-0.3, -0.25) is 4.57 Å². The molecule has 57 heavy (non-hydrogen) atoms. The lowest BCUT2D eigenvalue weighted by atomic mass is 9.94. The van der Waals surface area contributed by atoms with Crippen LogP contribution in [0.15, 0.2) is 191 Å². The zero-order valence-corrected chi connectivity index (χ0v) is 30.4. The first-order chi connectivity index (χ1) is 28.3. The van der Waals surface area contributed by atoms with Crippen molar-refractivity contribution < 1.29 is 8.83 Å². The SMILES string of the molecule is c1ccc(-c2nc(-c3ccccc3)nc(-n3c4ccccc4c4c(-c5cccc6oc7c(-c8cccc9oc%10ccccc%10c89)cccc7c56)cccc43)n2)cc1. The lowest BCUT2D eigenvalue weighted by molar-refractivity contribution is 0.668. The third-order valence-corrected chi connectivity index (χ3v) is 11.1. The van der Waals surface area contributed by atoms with Crippen LogP contribution in [0.1, 0.15) is 0 Å². The van der Waals surface area contributed by atoms with E-state index in [1.807, 2.05) is 78.9 Å². The molecule has 4 heterocycles. The van der Waals surface area contributed by atoms with Crippen molar-refractivity contribution >= 4 is 65.7 Å². The Hall–Kier alpha value is -7.83. The summed E-state index contributed by atoms with van der Waals surface area (Å²) in [5.41, 5.74) is 11.6. The van der Waals surface area contributed by atoms with E-state index in [-0.39, 0.29) is 0 Å². The van der Waals surface area contributed by atoms with E-state index in [2.05, 4.69) is 108 Å². The molecule has 6 heteroatoms. The monoisotopic (exact) mass is 730 g/mol. The van der Waals surface area contributed by atoms with Crippen molar-refractivity contribution in [2.75, 3.05) is 0 Å². The van der Waals surface area contributed by atoms with Crippen molar-refractivity contribution in [1.82, 2.24) is 19.5 Å². The Bertz CT molecular complexity index is 3470. The number of rotatable bonds is 5. The summed E-state index contributed by atoms with van der Waals surface area (Å²) in [5.74, 6) is 1.79. The summed E-state index contributed by atoms with van der Waals surface area (Å²) in [6.45, 7) is 0. The van der Waals surface area contributed by atoms with Gasteiger partial charge < -0.3 is 8.83 Å². The van der Waals surface area contributed by atoms with E-state index in [0.29, 0.717) is 17.6 Å². The first-order valence-electron chi connectivity index (χ1n) is 19.0. The van der Waals surface area contributed by atoms with Gasteiger partial charge in [0.1, 0.15) is 22.3 Å². The van der Waals surface area contributed by atoms with Crippen LogP contribution in [0.4, 0.5) is 0 Å². The number of fused-ring (bicyclic) bond motifs is 9. The maximum Gasteiger partial charge on any atom is 0.238 e. The summed E-state index contributed by atoms with van der Waals surface area (Å²) in [4.78, 5) is 15.3. The van der Waals surface area contributed by atoms with E-state index in [0.717, 1.165) is 99.1 Å². The molecule has 0 spiro atoms. The van der Waals surface area contributed by atoms with E-state index in [9.17, 15) is 0 Å². The zero-order valence-electron chi connectivity index (χ0n) is 30.4. The maximum atomic E-state index is 6.86. The van der Waals surface area contributed by atoms with Crippen LogP contribution in [0.3, 0.4) is 0 Å². The molecule has 6 nitrogen and oxygen atoms in total. The molecule has 0 bridgehead atoms. The summed E-state index contributed by atoms with van der Waals surface area (Å²) < 4.78 is 15.3. The van der Waals surface area contributed by atoms with E-state index in [1.165, 1.54) is 0 Å². The fourth-order valence-corrected chi connectivity index (χ4v) is 8.64. The van der Waals surface area contributed by atoms with Crippen LogP contribution in [0.5, 0.6) is 0 Å². The Kier molecular flexibility index (Phi) is 6.83. The Balaban J connectivity index is 1.11. The molecule has 0 aliphatic rings. The van der Waals surface area contributed by atoms with Gasteiger partial charge in [-0.15, -0.1) is 0 Å². The van der Waals surface area contributed by atoms with Gasteiger partial charge in [0.25, 0.3) is 0 Å². The molecule has 266 valence electrons. The molecule has 0 aliphatic carbocycles. The van der Waals surface area contributed by atoms with Gasteiger partial charge in [0.2, 0.25) is 5.95 Å². The molecule has 8 aromatic carbocycles. The topological polar surface area (TPSA) is 69.9 Å². The zero-order chi connectivity index (χ0) is 37.5. The largest absolute Gasteiger partial charge is 0.456 e. The Morgan fingerprint density at radius 1 is 0.333 bits per heavy atom. The molecule has 0 N–H and O–H groups in total. The molecular weight excluding hydrogens is 701 g/mol. The molecule has 0 saturated carbocycles. The summed E-state index contributed by atoms with van der Waals surface area (Å²) in [5, 5.41) is 6.52. The Labute approximate surface area is 325 Å². The van der Waals surface area contributed by atoms with Crippen molar-refractivity contribution in [1.29, 1.82) is 0 Å². The number of para-hydroxylation sites is 3. The van der Waals surface area contributed by atoms with Crippen LogP contribution in [-0.4, -0.2) is 19.5 Å². The predicted octanol–water partition coefficient (Wildman–Crippen LogP) is 13.4. The summed E-state index contributed by atoms with van der Waals surface area (Å²) in [7, 11) is 0. The average molecular weight is 731 g/mol. The van der Waals surface area contributed by atoms with Gasteiger partial charge >= 0.3 is 0 Å².